The first-order chi connectivity index (χ1) is 11.1. The number of aromatic nitrogens is 2. The molecule has 3 rings (SSSR count). The van der Waals surface area contributed by atoms with Crippen molar-refractivity contribution in [2.45, 2.75) is 31.7 Å². The zero-order valence-electron chi connectivity index (χ0n) is 12.2. The maximum Gasteiger partial charge on any atom is 0.254 e. The Balaban J connectivity index is 1.94. The molecule has 0 saturated carbocycles. The zero-order chi connectivity index (χ0) is 16.4. The number of halogens is 2. The fourth-order valence-electron chi connectivity index (χ4n) is 2.80. The van der Waals surface area contributed by atoms with Gasteiger partial charge in [-0.15, -0.1) is 0 Å². The van der Waals surface area contributed by atoms with Crippen molar-refractivity contribution in [1.29, 1.82) is 0 Å². The van der Waals surface area contributed by atoms with E-state index in [0.717, 1.165) is 31.4 Å². The van der Waals surface area contributed by atoms with Crippen molar-refractivity contribution in [3.05, 3.63) is 41.5 Å². The highest BCUT2D eigenvalue weighted by molar-refractivity contribution is 5.94. The van der Waals surface area contributed by atoms with E-state index in [1.54, 1.807) is 0 Å². The second-order valence-electron chi connectivity index (χ2n) is 5.44. The fourth-order valence-corrected chi connectivity index (χ4v) is 2.80. The normalized spacial score (nSPS) is 18.7. The van der Waals surface area contributed by atoms with Gasteiger partial charge in [-0.05, 0) is 25.0 Å². The lowest BCUT2D eigenvalue weighted by Gasteiger charge is -2.28. The van der Waals surface area contributed by atoms with Crippen LogP contribution in [0.3, 0.4) is 0 Å². The lowest BCUT2D eigenvalue weighted by Crippen LogP contribution is -2.35. The van der Waals surface area contributed by atoms with Gasteiger partial charge in [-0.3, -0.25) is 4.79 Å². The van der Waals surface area contributed by atoms with Crippen molar-refractivity contribution in [2.24, 2.45) is 0 Å². The molecule has 0 aliphatic carbocycles. The van der Waals surface area contributed by atoms with Gasteiger partial charge in [0, 0.05) is 12.1 Å². The molecule has 0 radical (unpaired) electrons. The van der Waals surface area contributed by atoms with Gasteiger partial charge in [-0.2, -0.15) is 4.98 Å². The van der Waals surface area contributed by atoms with Crippen molar-refractivity contribution in [2.75, 3.05) is 6.54 Å². The number of phenolic OH excluding ortho intramolecular Hbond substituents is 1. The van der Waals surface area contributed by atoms with Crippen molar-refractivity contribution in [1.82, 2.24) is 15.0 Å². The third kappa shape index (κ3) is 3.01. The van der Waals surface area contributed by atoms with Crippen LogP contribution < -0.4 is 0 Å². The monoisotopic (exact) mass is 323 g/mol. The first-order valence-electron chi connectivity index (χ1n) is 7.33. The zero-order valence-corrected chi connectivity index (χ0v) is 12.2. The first-order valence-corrected chi connectivity index (χ1v) is 7.33. The van der Waals surface area contributed by atoms with Crippen molar-refractivity contribution < 1.29 is 23.2 Å². The molecule has 0 bridgehead atoms. The van der Waals surface area contributed by atoms with Gasteiger partial charge in [-0.1, -0.05) is 18.0 Å². The van der Waals surface area contributed by atoms with Gasteiger partial charge in [0.1, 0.15) is 0 Å². The van der Waals surface area contributed by atoms with Gasteiger partial charge in [0.15, 0.2) is 23.2 Å². The molecule has 2 aromatic rings. The Morgan fingerprint density at radius 2 is 2.00 bits per heavy atom. The summed E-state index contributed by atoms with van der Waals surface area (Å²) in [6.45, 7) is 0.433. The van der Waals surface area contributed by atoms with Crippen molar-refractivity contribution in [3.8, 4) is 5.75 Å². The highest BCUT2D eigenvalue weighted by atomic mass is 19.1. The van der Waals surface area contributed by atoms with Crippen molar-refractivity contribution in [3.63, 3.8) is 0 Å². The summed E-state index contributed by atoms with van der Waals surface area (Å²) in [7, 11) is 0. The predicted molar refractivity (Wildman–Crippen MR) is 74.6 cm³/mol. The second kappa shape index (κ2) is 6.31. The summed E-state index contributed by atoms with van der Waals surface area (Å²) in [6, 6.07) is 1.27. The number of aromatic hydroxyl groups is 1. The lowest BCUT2D eigenvalue weighted by molar-refractivity contribution is 0.0669. The van der Waals surface area contributed by atoms with E-state index in [1.165, 1.54) is 11.3 Å². The Morgan fingerprint density at radius 3 is 2.65 bits per heavy atom. The Morgan fingerprint density at radius 1 is 1.26 bits per heavy atom. The Labute approximate surface area is 130 Å². The van der Waals surface area contributed by atoms with Crippen LogP contribution in [0.4, 0.5) is 8.78 Å². The third-order valence-electron chi connectivity index (χ3n) is 3.95. The van der Waals surface area contributed by atoms with E-state index in [4.69, 9.17) is 9.63 Å². The summed E-state index contributed by atoms with van der Waals surface area (Å²) in [4.78, 5) is 18.2. The van der Waals surface area contributed by atoms with Crippen LogP contribution >= 0.6 is 0 Å². The average molecular weight is 323 g/mol. The number of hydrogen-bond donors (Lipinski definition) is 1. The van der Waals surface area contributed by atoms with Gasteiger partial charge >= 0.3 is 0 Å². The van der Waals surface area contributed by atoms with Gasteiger partial charge in [0.05, 0.1) is 6.04 Å². The number of amides is 1. The Bertz CT molecular complexity index is 683. The largest absolute Gasteiger partial charge is 0.503 e. The van der Waals surface area contributed by atoms with Crippen molar-refractivity contribution >= 4 is 5.91 Å². The van der Waals surface area contributed by atoms with Crippen LogP contribution in [0, 0.1) is 11.6 Å². The van der Waals surface area contributed by atoms with Gasteiger partial charge in [-0.25, -0.2) is 8.78 Å². The number of rotatable bonds is 2. The van der Waals surface area contributed by atoms with E-state index in [1.807, 2.05) is 0 Å². The fraction of sp³-hybridized carbons (Fsp3) is 0.400. The van der Waals surface area contributed by atoms with E-state index < -0.39 is 29.3 Å². The molecule has 8 heteroatoms. The summed E-state index contributed by atoms with van der Waals surface area (Å²) >= 11 is 0. The van der Waals surface area contributed by atoms with Crippen LogP contribution in [-0.2, 0) is 0 Å². The standard InChI is InChI=1S/C15H15F2N3O3/c16-10-6-9(7-11(17)13(10)21)15(22)20-5-3-1-2-4-12(20)14-18-8-23-19-14/h6-8,12,21H,1-5H2/t12-/m1/s1. The molecule has 1 aliphatic heterocycles. The molecule has 122 valence electrons. The minimum atomic E-state index is -1.17. The van der Waals surface area contributed by atoms with Crippen LogP contribution in [0.1, 0.15) is 47.9 Å². The summed E-state index contributed by atoms with van der Waals surface area (Å²) in [5, 5.41) is 13.0. The van der Waals surface area contributed by atoms with E-state index in [0.29, 0.717) is 18.8 Å². The molecule has 2 heterocycles. The van der Waals surface area contributed by atoms with Crippen LogP contribution in [0.25, 0.3) is 0 Å². The summed E-state index contributed by atoms with van der Waals surface area (Å²) in [6.07, 6.45) is 4.44. The molecule has 1 amide bonds. The smallest absolute Gasteiger partial charge is 0.254 e. The number of phenols is 1. The summed E-state index contributed by atoms with van der Waals surface area (Å²) < 4.78 is 31.8. The topological polar surface area (TPSA) is 79.5 Å². The summed E-state index contributed by atoms with van der Waals surface area (Å²) in [5.74, 6) is -3.58. The molecule has 1 atom stereocenters. The highest BCUT2D eigenvalue weighted by Crippen LogP contribution is 2.30. The third-order valence-corrected chi connectivity index (χ3v) is 3.95. The molecular weight excluding hydrogens is 308 g/mol. The summed E-state index contributed by atoms with van der Waals surface area (Å²) in [5.41, 5.74) is -0.159. The number of nitrogens with zero attached hydrogens (tertiary/aromatic N) is 3. The SMILES string of the molecule is O=C(c1cc(F)c(O)c(F)c1)N1CCCCC[C@@H]1c1ncon1. The Kier molecular flexibility index (Phi) is 4.22. The Hall–Kier alpha value is -2.51. The van der Waals surface area contributed by atoms with E-state index in [-0.39, 0.29) is 5.56 Å². The van der Waals surface area contributed by atoms with Crippen LogP contribution in [0.5, 0.6) is 5.75 Å². The quantitative estimate of drug-likeness (QED) is 0.919. The minimum Gasteiger partial charge on any atom is -0.503 e. The molecular formula is C15H15F2N3O3. The van der Waals surface area contributed by atoms with Crippen LogP contribution in [0.15, 0.2) is 23.0 Å². The molecule has 1 N–H and O–H groups in total. The number of carbonyl (C=O) groups excluding carboxylic acids is 1. The molecule has 23 heavy (non-hydrogen) atoms. The minimum absolute atomic E-state index is 0.159. The molecule has 1 saturated heterocycles. The second-order valence-corrected chi connectivity index (χ2v) is 5.44. The molecule has 1 aromatic carbocycles. The predicted octanol–water partition coefficient (Wildman–Crippen LogP) is 2.81. The molecule has 1 aliphatic rings. The molecule has 6 nitrogen and oxygen atoms in total. The highest BCUT2D eigenvalue weighted by Gasteiger charge is 2.31. The molecule has 1 aromatic heterocycles. The van der Waals surface area contributed by atoms with Gasteiger partial charge in [0.25, 0.3) is 5.91 Å². The number of benzene rings is 1. The first kappa shape index (κ1) is 15.4. The van der Waals surface area contributed by atoms with Crippen LogP contribution in [-0.4, -0.2) is 32.6 Å². The lowest BCUT2D eigenvalue weighted by atomic mass is 10.1. The van der Waals surface area contributed by atoms with E-state index in [9.17, 15) is 13.6 Å². The maximum atomic E-state index is 13.5. The average Bonchev–Trinajstić information content (AvgIpc) is 2.96. The van der Waals surface area contributed by atoms with Gasteiger partial charge in [0.2, 0.25) is 6.39 Å². The van der Waals surface area contributed by atoms with E-state index >= 15 is 0 Å². The molecule has 0 spiro atoms. The number of carbonyl (C=O) groups is 1. The molecule has 0 unspecified atom stereocenters. The number of likely N-dealkylation sites (tertiary alicyclic amines) is 1. The number of hydrogen-bond acceptors (Lipinski definition) is 5. The van der Waals surface area contributed by atoms with E-state index in [2.05, 4.69) is 10.1 Å². The molecule has 1 fully saturated rings. The van der Waals surface area contributed by atoms with Gasteiger partial charge < -0.3 is 14.5 Å². The maximum absolute atomic E-state index is 13.5. The van der Waals surface area contributed by atoms with Crippen LogP contribution in [0.2, 0.25) is 0 Å².